The zero-order valence-corrected chi connectivity index (χ0v) is 21.0. The molecule has 1 saturated heterocycles. The van der Waals surface area contributed by atoms with Gasteiger partial charge in [-0.15, -0.1) is 0 Å². The van der Waals surface area contributed by atoms with Gasteiger partial charge >= 0.3 is 0 Å². The van der Waals surface area contributed by atoms with Crippen molar-refractivity contribution in [2.45, 2.75) is 51.3 Å². The summed E-state index contributed by atoms with van der Waals surface area (Å²) in [6.45, 7) is 6.12. The first-order valence-electron chi connectivity index (χ1n) is 11.1. The Morgan fingerprint density at radius 3 is 2.63 bits per heavy atom. The molecule has 2 heterocycles. The molecule has 35 heavy (non-hydrogen) atoms. The molecule has 0 radical (unpaired) electrons. The first-order chi connectivity index (χ1) is 16.4. The summed E-state index contributed by atoms with van der Waals surface area (Å²) in [4.78, 5) is 40.5. The van der Waals surface area contributed by atoms with Crippen LogP contribution in [0.25, 0.3) is 0 Å². The topological polar surface area (TPSA) is 170 Å². The standard InChI is InChI=1S/C23H31N5O6S/c1-23(2,3)26-21(31)18(12-7-8-14(29)15(10-12)33-4)28(11-13-6-5-9-34-13)22(32)19-16(24)17(20(25)30)27-35-19/h7-8,10,13,18,29H,5-6,9,11,24H2,1-4H3,(H2,25,30)(H,26,31). The number of carbonyl (C=O) groups excluding carboxylic acids is 3. The maximum absolute atomic E-state index is 13.8. The number of benzene rings is 1. The molecule has 2 unspecified atom stereocenters. The molecule has 2 aromatic rings. The highest BCUT2D eigenvalue weighted by Crippen LogP contribution is 2.34. The lowest BCUT2D eigenvalue weighted by atomic mass is 10.00. The Kier molecular flexibility index (Phi) is 7.86. The van der Waals surface area contributed by atoms with Crippen LogP contribution in [0.5, 0.6) is 11.5 Å². The number of phenols is 1. The van der Waals surface area contributed by atoms with Gasteiger partial charge in [-0.25, -0.2) is 0 Å². The summed E-state index contributed by atoms with van der Waals surface area (Å²) in [6.07, 6.45) is 1.24. The van der Waals surface area contributed by atoms with Crippen molar-refractivity contribution in [1.29, 1.82) is 0 Å². The number of carbonyl (C=O) groups is 3. The van der Waals surface area contributed by atoms with E-state index in [0.717, 1.165) is 18.0 Å². The molecule has 0 bridgehead atoms. The zero-order chi connectivity index (χ0) is 25.9. The summed E-state index contributed by atoms with van der Waals surface area (Å²) < 4.78 is 14.9. The highest BCUT2D eigenvalue weighted by Gasteiger charge is 2.38. The number of nitrogen functional groups attached to an aromatic ring is 1. The number of hydrogen-bond donors (Lipinski definition) is 4. The smallest absolute Gasteiger partial charge is 0.270 e. The van der Waals surface area contributed by atoms with E-state index in [1.807, 2.05) is 20.8 Å². The second kappa shape index (κ2) is 10.5. The number of methoxy groups -OCH3 is 1. The highest BCUT2D eigenvalue weighted by atomic mass is 32.1. The van der Waals surface area contributed by atoms with E-state index >= 15 is 0 Å². The number of nitrogens with two attached hydrogens (primary N) is 2. The molecule has 0 saturated carbocycles. The van der Waals surface area contributed by atoms with Crippen molar-refractivity contribution in [1.82, 2.24) is 14.6 Å². The Morgan fingerprint density at radius 1 is 1.37 bits per heavy atom. The number of hydrogen-bond acceptors (Lipinski definition) is 9. The molecule has 0 spiro atoms. The second-order valence-electron chi connectivity index (χ2n) is 9.30. The first-order valence-corrected chi connectivity index (χ1v) is 11.9. The molecule has 2 atom stereocenters. The molecule has 6 N–H and O–H groups in total. The Hall–Kier alpha value is -3.38. The van der Waals surface area contributed by atoms with Crippen LogP contribution in [0.4, 0.5) is 5.69 Å². The second-order valence-corrected chi connectivity index (χ2v) is 10.1. The van der Waals surface area contributed by atoms with Crippen LogP contribution in [-0.4, -0.2) is 64.0 Å². The van der Waals surface area contributed by atoms with Crippen molar-refractivity contribution >= 4 is 34.9 Å². The van der Waals surface area contributed by atoms with Gasteiger partial charge in [-0.3, -0.25) is 14.4 Å². The number of anilines is 1. The van der Waals surface area contributed by atoms with Gasteiger partial charge in [0.1, 0.15) is 10.9 Å². The van der Waals surface area contributed by atoms with Crippen molar-refractivity contribution in [3.63, 3.8) is 0 Å². The lowest BCUT2D eigenvalue weighted by Gasteiger charge is -2.35. The van der Waals surface area contributed by atoms with Crippen LogP contribution in [-0.2, 0) is 9.53 Å². The summed E-state index contributed by atoms with van der Waals surface area (Å²) in [5.74, 6) is -1.86. The van der Waals surface area contributed by atoms with Crippen molar-refractivity contribution in [3.8, 4) is 11.5 Å². The molecule has 3 rings (SSSR count). The molecule has 12 heteroatoms. The largest absolute Gasteiger partial charge is 0.504 e. The van der Waals surface area contributed by atoms with Gasteiger partial charge < -0.3 is 36.3 Å². The van der Waals surface area contributed by atoms with E-state index in [1.165, 1.54) is 24.1 Å². The molecule has 1 aromatic heterocycles. The lowest BCUT2D eigenvalue weighted by Crippen LogP contribution is -2.50. The van der Waals surface area contributed by atoms with Crippen molar-refractivity contribution < 1.29 is 29.0 Å². The molecule has 1 fully saturated rings. The summed E-state index contributed by atoms with van der Waals surface area (Å²) in [5, 5.41) is 13.0. The van der Waals surface area contributed by atoms with Crippen LogP contribution in [0.2, 0.25) is 0 Å². The number of rotatable bonds is 8. The van der Waals surface area contributed by atoms with Crippen molar-refractivity contribution in [2.75, 3.05) is 26.0 Å². The van der Waals surface area contributed by atoms with Crippen LogP contribution in [0.3, 0.4) is 0 Å². The van der Waals surface area contributed by atoms with Crippen molar-refractivity contribution in [3.05, 3.63) is 34.3 Å². The minimum atomic E-state index is -1.13. The van der Waals surface area contributed by atoms with E-state index < -0.39 is 29.3 Å². The Labute approximate surface area is 207 Å². The molecule has 3 amide bonds. The number of nitrogens with zero attached hydrogens (tertiary/aromatic N) is 2. The number of nitrogens with one attached hydrogen (secondary N) is 1. The van der Waals surface area contributed by atoms with Crippen LogP contribution in [0.15, 0.2) is 18.2 Å². The van der Waals surface area contributed by atoms with E-state index in [-0.39, 0.29) is 40.4 Å². The molecule has 1 aliphatic rings. The van der Waals surface area contributed by atoms with Crippen LogP contribution in [0, 0.1) is 0 Å². The van der Waals surface area contributed by atoms with Gasteiger partial charge in [-0.2, -0.15) is 4.37 Å². The fraction of sp³-hybridized carbons (Fsp3) is 0.478. The normalized spacial score (nSPS) is 16.5. The van der Waals surface area contributed by atoms with Gasteiger partial charge in [0.05, 0.1) is 18.9 Å². The molecule has 190 valence electrons. The summed E-state index contributed by atoms with van der Waals surface area (Å²) >= 11 is 0.742. The molecule has 11 nitrogen and oxygen atoms in total. The average Bonchev–Trinajstić information content (AvgIpc) is 3.42. The molecule has 1 aromatic carbocycles. The molecular weight excluding hydrogens is 474 g/mol. The zero-order valence-electron chi connectivity index (χ0n) is 20.2. The van der Waals surface area contributed by atoms with Gasteiger partial charge in [0, 0.05) is 18.7 Å². The minimum absolute atomic E-state index is 0.00361. The Bertz CT molecular complexity index is 1110. The Morgan fingerprint density at radius 2 is 2.09 bits per heavy atom. The predicted octanol–water partition coefficient (Wildman–Crippen LogP) is 1.82. The third-order valence-corrected chi connectivity index (χ3v) is 6.27. The minimum Gasteiger partial charge on any atom is -0.504 e. The maximum Gasteiger partial charge on any atom is 0.270 e. The van der Waals surface area contributed by atoms with Crippen LogP contribution < -0.4 is 21.5 Å². The monoisotopic (exact) mass is 505 g/mol. The van der Waals surface area contributed by atoms with Gasteiger partial charge in [0.15, 0.2) is 17.2 Å². The average molecular weight is 506 g/mol. The quantitative estimate of drug-likeness (QED) is 0.421. The van der Waals surface area contributed by atoms with Crippen molar-refractivity contribution in [2.24, 2.45) is 5.73 Å². The van der Waals surface area contributed by atoms with Gasteiger partial charge in [-0.05, 0) is 62.8 Å². The summed E-state index contributed by atoms with van der Waals surface area (Å²) in [5.41, 5.74) is 10.9. The van der Waals surface area contributed by atoms with E-state index in [9.17, 15) is 19.5 Å². The predicted molar refractivity (Wildman–Crippen MR) is 130 cm³/mol. The molecule has 1 aliphatic heterocycles. The number of primary amides is 1. The van der Waals surface area contributed by atoms with E-state index in [2.05, 4.69) is 9.69 Å². The van der Waals surface area contributed by atoms with Gasteiger partial charge in [0.25, 0.3) is 11.8 Å². The van der Waals surface area contributed by atoms with E-state index in [4.69, 9.17) is 20.9 Å². The van der Waals surface area contributed by atoms with E-state index in [1.54, 1.807) is 6.07 Å². The number of aromatic hydroxyl groups is 1. The maximum atomic E-state index is 13.8. The number of phenolic OH excluding ortho intramolecular Hbond substituents is 1. The summed E-state index contributed by atoms with van der Waals surface area (Å²) in [6, 6.07) is 3.32. The number of amides is 3. The SMILES string of the molecule is COc1cc(C(C(=O)NC(C)(C)C)N(CC2CCCO2)C(=O)c2snc(C(N)=O)c2N)ccc1O. The third kappa shape index (κ3) is 6.01. The first kappa shape index (κ1) is 26.2. The third-order valence-electron chi connectivity index (χ3n) is 5.42. The molecule has 0 aliphatic carbocycles. The van der Waals surface area contributed by atoms with Gasteiger partial charge in [0.2, 0.25) is 5.91 Å². The van der Waals surface area contributed by atoms with Gasteiger partial charge in [-0.1, -0.05) is 6.07 Å². The van der Waals surface area contributed by atoms with E-state index in [0.29, 0.717) is 18.6 Å². The highest BCUT2D eigenvalue weighted by molar-refractivity contribution is 7.09. The van der Waals surface area contributed by atoms with Crippen LogP contribution >= 0.6 is 11.5 Å². The Balaban J connectivity index is 2.14. The molecular formula is C23H31N5O6S. The fourth-order valence-corrected chi connectivity index (χ4v) is 4.61. The summed E-state index contributed by atoms with van der Waals surface area (Å²) in [7, 11) is 1.39. The number of aromatic nitrogens is 1. The lowest BCUT2D eigenvalue weighted by molar-refractivity contribution is -0.127. The van der Waals surface area contributed by atoms with Crippen LogP contribution in [0.1, 0.15) is 65.4 Å². The fourth-order valence-electron chi connectivity index (χ4n) is 3.85. The number of ether oxygens (including phenoxy) is 2.